The van der Waals surface area contributed by atoms with Gasteiger partial charge in [0.15, 0.2) is 0 Å². The zero-order chi connectivity index (χ0) is 23.9. The van der Waals surface area contributed by atoms with Crippen molar-refractivity contribution in [3.63, 3.8) is 0 Å². The molecule has 0 atom stereocenters. The van der Waals surface area contributed by atoms with Crippen LogP contribution in [0.25, 0.3) is 15.5 Å². The van der Waals surface area contributed by atoms with Crippen LogP contribution in [-0.4, -0.2) is 58.4 Å². The summed E-state index contributed by atoms with van der Waals surface area (Å²) in [7, 11) is -3.70. The first-order valence-corrected chi connectivity index (χ1v) is 12.7. The van der Waals surface area contributed by atoms with E-state index in [0.717, 1.165) is 12.1 Å². The molecule has 0 bridgehead atoms. The first-order valence-electron chi connectivity index (χ1n) is 10.4. The van der Waals surface area contributed by atoms with Crippen molar-refractivity contribution in [2.24, 2.45) is 0 Å². The molecule has 1 saturated heterocycles. The highest BCUT2D eigenvalue weighted by atomic mass is 32.2. The third-order valence-electron chi connectivity index (χ3n) is 5.56. The monoisotopic (exact) mass is 503 g/mol. The van der Waals surface area contributed by atoms with Crippen molar-refractivity contribution >= 4 is 26.3 Å². The number of rotatable bonds is 5. The Morgan fingerprint density at radius 2 is 1.53 bits per heavy atom. The van der Waals surface area contributed by atoms with Crippen LogP contribution in [0.15, 0.2) is 64.3 Å². The van der Waals surface area contributed by atoms with Gasteiger partial charge in [-0.25, -0.2) is 22.2 Å². The fourth-order valence-electron chi connectivity index (χ4n) is 3.76. The number of benzene rings is 2. The summed E-state index contributed by atoms with van der Waals surface area (Å²) in [6, 6.07) is 12.1. The molecule has 0 aliphatic carbocycles. The Morgan fingerprint density at radius 1 is 0.912 bits per heavy atom. The zero-order valence-corrected chi connectivity index (χ0v) is 19.4. The predicted octanol–water partition coefficient (Wildman–Crippen LogP) is 2.60. The minimum absolute atomic E-state index is 0.0599. The first kappa shape index (κ1) is 22.7. The Bertz CT molecular complexity index is 1490. The molecule has 0 radical (unpaired) electrons. The lowest BCUT2D eigenvalue weighted by Gasteiger charge is -2.33. The smallest absolute Gasteiger partial charge is 0.275 e. The average molecular weight is 504 g/mol. The van der Waals surface area contributed by atoms with Gasteiger partial charge in [-0.05, 0) is 48.5 Å². The molecule has 0 spiro atoms. The number of hydrogen-bond acceptors (Lipinski definition) is 7. The molecule has 0 saturated carbocycles. The van der Waals surface area contributed by atoms with Gasteiger partial charge in [0.2, 0.25) is 15.0 Å². The molecule has 4 aromatic rings. The Morgan fingerprint density at radius 3 is 2.18 bits per heavy atom. The van der Waals surface area contributed by atoms with Gasteiger partial charge in [0.25, 0.3) is 5.56 Å². The minimum atomic E-state index is -3.70. The van der Waals surface area contributed by atoms with Crippen LogP contribution in [-0.2, 0) is 16.6 Å². The summed E-state index contributed by atoms with van der Waals surface area (Å²) in [6.07, 6.45) is 0. The molecule has 1 aliphatic rings. The Balaban J connectivity index is 1.29. The lowest BCUT2D eigenvalue weighted by atomic mass is 10.2. The van der Waals surface area contributed by atoms with Gasteiger partial charge in [-0.3, -0.25) is 9.69 Å². The van der Waals surface area contributed by atoms with Crippen molar-refractivity contribution in [1.29, 1.82) is 0 Å². The highest BCUT2D eigenvalue weighted by Gasteiger charge is 2.28. The van der Waals surface area contributed by atoms with Crippen molar-refractivity contribution < 1.29 is 17.2 Å². The van der Waals surface area contributed by atoms with Gasteiger partial charge >= 0.3 is 0 Å². The molecular weight excluding hydrogens is 484 g/mol. The van der Waals surface area contributed by atoms with E-state index < -0.39 is 15.8 Å². The van der Waals surface area contributed by atoms with E-state index in [1.54, 1.807) is 12.1 Å². The average Bonchev–Trinajstić information content (AvgIpc) is 3.25. The van der Waals surface area contributed by atoms with Crippen LogP contribution in [0.3, 0.4) is 0 Å². The fourth-order valence-corrected chi connectivity index (χ4v) is 6.11. The van der Waals surface area contributed by atoms with Crippen molar-refractivity contribution in [2.45, 2.75) is 11.4 Å². The van der Waals surface area contributed by atoms with Gasteiger partial charge in [0.1, 0.15) is 16.6 Å². The van der Waals surface area contributed by atoms with E-state index in [1.165, 1.54) is 50.5 Å². The number of aromatic nitrogens is 3. The number of nitrogens with zero attached hydrogens (tertiary/aromatic N) is 5. The molecule has 12 heteroatoms. The topological polar surface area (TPSA) is 87.9 Å². The van der Waals surface area contributed by atoms with Gasteiger partial charge < -0.3 is 0 Å². The minimum Gasteiger partial charge on any atom is -0.295 e. The van der Waals surface area contributed by atoms with Gasteiger partial charge in [0.05, 0.1) is 10.6 Å². The molecule has 34 heavy (non-hydrogen) atoms. The van der Waals surface area contributed by atoms with E-state index in [-0.39, 0.29) is 29.4 Å². The largest absolute Gasteiger partial charge is 0.295 e. The van der Waals surface area contributed by atoms with Crippen molar-refractivity contribution in [1.82, 2.24) is 23.8 Å². The van der Waals surface area contributed by atoms with Crippen LogP contribution >= 0.6 is 11.3 Å². The fraction of sp³-hybridized carbons (Fsp3) is 0.227. The lowest BCUT2D eigenvalue weighted by Crippen LogP contribution is -2.48. The van der Waals surface area contributed by atoms with Crippen LogP contribution < -0.4 is 5.56 Å². The molecule has 1 aliphatic heterocycles. The first-order chi connectivity index (χ1) is 16.3. The molecular formula is C22H19F2N5O3S2. The Hall–Kier alpha value is -3.06. The number of sulfonamides is 1. The van der Waals surface area contributed by atoms with Gasteiger partial charge in [0, 0.05) is 44.4 Å². The van der Waals surface area contributed by atoms with Crippen LogP contribution in [0.5, 0.6) is 0 Å². The zero-order valence-electron chi connectivity index (χ0n) is 17.8. The second-order valence-electron chi connectivity index (χ2n) is 7.83. The van der Waals surface area contributed by atoms with Crippen LogP contribution in [0.1, 0.15) is 5.69 Å². The molecule has 2 aromatic carbocycles. The molecule has 176 valence electrons. The van der Waals surface area contributed by atoms with E-state index in [2.05, 4.69) is 10.1 Å². The number of fused-ring (bicyclic) bond motifs is 1. The lowest BCUT2D eigenvalue weighted by molar-refractivity contribution is 0.180. The highest BCUT2D eigenvalue weighted by molar-refractivity contribution is 7.89. The summed E-state index contributed by atoms with van der Waals surface area (Å²) in [5, 5.41) is 4.86. The molecule has 1 fully saturated rings. The summed E-state index contributed by atoms with van der Waals surface area (Å²) in [5.74, 6) is -0.845. The molecule has 5 rings (SSSR count). The van der Waals surface area contributed by atoms with Crippen molar-refractivity contribution in [3.05, 3.63) is 82.3 Å². The summed E-state index contributed by atoms with van der Waals surface area (Å²) in [6.45, 7) is 1.86. The Labute approximate surface area is 197 Å². The predicted molar refractivity (Wildman–Crippen MR) is 123 cm³/mol. The molecule has 3 heterocycles. The quantitative estimate of drug-likeness (QED) is 0.416. The summed E-state index contributed by atoms with van der Waals surface area (Å²) in [5.41, 5.74) is 0.938. The maximum absolute atomic E-state index is 13.2. The highest BCUT2D eigenvalue weighted by Crippen LogP contribution is 2.25. The third-order valence-corrected chi connectivity index (χ3v) is 8.43. The molecule has 0 unspecified atom stereocenters. The van der Waals surface area contributed by atoms with E-state index in [4.69, 9.17) is 0 Å². The van der Waals surface area contributed by atoms with Gasteiger partial charge in [-0.2, -0.15) is 13.9 Å². The van der Waals surface area contributed by atoms with E-state index >= 15 is 0 Å². The van der Waals surface area contributed by atoms with Crippen LogP contribution in [0.2, 0.25) is 0 Å². The maximum Gasteiger partial charge on any atom is 0.275 e. The number of halogens is 2. The van der Waals surface area contributed by atoms with Crippen molar-refractivity contribution in [2.75, 3.05) is 26.2 Å². The van der Waals surface area contributed by atoms with E-state index in [0.29, 0.717) is 40.9 Å². The molecule has 0 N–H and O–H groups in total. The molecule has 0 amide bonds. The van der Waals surface area contributed by atoms with Gasteiger partial charge in [-0.1, -0.05) is 11.3 Å². The molecule has 2 aromatic heterocycles. The third kappa shape index (κ3) is 4.49. The second kappa shape index (κ2) is 8.95. The molecule has 8 nitrogen and oxygen atoms in total. The number of piperazine rings is 1. The standard InChI is InChI=1S/C22H19F2N5O3S2/c23-16-3-1-15(2-4-16)21-26-29-20(30)13-18(25-22(29)33-21)14-27-9-11-28(12-10-27)34(31,32)19-7-5-17(24)6-8-19/h1-8,13H,9-12,14H2. The maximum atomic E-state index is 13.2. The summed E-state index contributed by atoms with van der Waals surface area (Å²) >= 11 is 1.23. The van der Waals surface area contributed by atoms with Gasteiger partial charge in [-0.15, -0.1) is 0 Å². The normalized spacial score (nSPS) is 15.7. The van der Waals surface area contributed by atoms with Crippen molar-refractivity contribution in [3.8, 4) is 10.6 Å². The van der Waals surface area contributed by atoms with E-state index in [1.807, 2.05) is 4.90 Å². The SMILES string of the molecule is O=c1cc(CN2CCN(S(=O)(=O)c3ccc(F)cc3)CC2)nc2sc(-c3ccc(F)cc3)nn12. The number of hydrogen-bond donors (Lipinski definition) is 0. The Kier molecular flexibility index (Phi) is 5.98. The van der Waals surface area contributed by atoms with Crippen LogP contribution in [0.4, 0.5) is 8.78 Å². The summed E-state index contributed by atoms with van der Waals surface area (Å²) in [4.78, 5) is 19.6. The second-order valence-corrected chi connectivity index (χ2v) is 10.7. The van der Waals surface area contributed by atoms with E-state index in [9.17, 15) is 22.0 Å². The summed E-state index contributed by atoms with van der Waals surface area (Å²) < 4.78 is 54.5. The van der Waals surface area contributed by atoms with Crippen LogP contribution in [0, 0.1) is 11.6 Å².